The Morgan fingerprint density at radius 2 is 2.05 bits per heavy atom. The number of pyridine rings is 1. The molecule has 112 valence electrons. The minimum absolute atomic E-state index is 0.172. The van der Waals surface area contributed by atoms with Crippen LogP contribution in [0.5, 0.6) is 5.75 Å². The maximum Gasteiger partial charge on any atom is 0.274 e. The van der Waals surface area contributed by atoms with Crippen molar-refractivity contribution in [1.29, 1.82) is 0 Å². The van der Waals surface area contributed by atoms with E-state index in [0.29, 0.717) is 22.7 Å². The van der Waals surface area contributed by atoms with Gasteiger partial charge >= 0.3 is 0 Å². The van der Waals surface area contributed by atoms with Crippen LogP contribution in [-0.2, 0) is 0 Å². The third-order valence-electron chi connectivity index (χ3n) is 3.43. The second-order valence-corrected chi connectivity index (χ2v) is 5.99. The van der Waals surface area contributed by atoms with E-state index in [4.69, 9.17) is 0 Å². The molecule has 0 unspecified atom stereocenters. The molecule has 0 fully saturated rings. The lowest BCUT2D eigenvalue weighted by molar-refractivity contribution is 0.102. The van der Waals surface area contributed by atoms with Crippen LogP contribution in [0.3, 0.4) is 0 Å². The zero-order valence-corrected chi connectivity index (χ0v) is 13.7. The summed E-state index contributed by atoms with van der Waals surface area (Å²) in [5.41, 5.74) is 3.32. The lowest BCUT2D eigenvalue weighted by Gasteiger charge is -2.09. The summed E-state index contributed by atoms with van der Waals surface area (Å²) in [6.07, 6.45) is 1.81. The van der Waals surface area contributed by atoms with E-state index in [9.17, 15) is 9.90 Å². The Morgan fingerprint density at radius 1 is 1.27 bits per heavy atom. The fourth-order valence-corrected chi connectivity index (χ4v) is 2.72. The number of nitrogens with zero attached hydrogens (tertiary/aromatic N) is 2. The molecule has 0 radical (unpaired) electrons. The number of hydrogen-bond acceptors (Lipinski definition) is 3. The van der Waals surface area contributed by atoms with Crippen LogP contribution in [0.1, 0.15) is 21.7 Å². The summed E-state index contributed by atoms with van der Waals surface area (Å²) in [6.45, 7) is 3.63. The molecule has 0 aliphatic rings. The number of carbonyl (C=O) groups is 1. The smallest absolute Gasteiger partial charge is 0.274 e. The largest absolute Gasteiger partial charge is 0.508 e. The zero-order valence-electron chi connectivity index (χ0n) is 12.1. The van der Waals surface area contributed by atoms with Crippen molar-refractivity contribution >= 4 is 33.2 Å². The molecular formula is C16H14BrN3O2. The first kappa shape index (κ1) is 14.6. The second-order valence-electron chi connectivity index (χ2n) is 5.07. The number of nitrogens with one attached hydrogen (secondary N) is 1. The van der Waals surface area contributed by atoms with E-state index < -0.39 is 0 Å². The number of hydrogen-bond donors (Lipinski definition) is 2. The van der Waals surface area contributed by atoms with E-state index in [1.807, 2.05) is 25.3 Å². The molecular weight excluding hydrogens is 346 g/mol. The predicted molar refractivity (Wildman–Crippen MR) is 88.4 cm³/mol. The molecule has 22 heavy (non-hydrogen) atoms. The standard InChI is InChI=1S/C16H14BrN3O2/c1-9-7-12(21)4-5-13(9)19-16(22)15-10(2)18-14-6-3-11(17)8-20(14)15/h3-8,21H,1-2H3,(H,19,22). The van der Waals surface area contributed by atoms with Gasteiger partial charge in [-0.1, -0.05) is 0 Å². The van der Waals surface area contributed by atoms with Crippen LogP contribution in [-0.4, -0.2) is 20.4 Å². The van der Waals surface area contributed by atoms with Gasteiger partial charge in [0.25, 0.3) is 5.91 Å². The van der Waals surface area contributed by atoms with E-state index >= 15 is 0 Å². The Labute approximate surface area is 135 Å². The summed E-state index contributed by atoms with van der Waals surface area (Å²) in [4.78, 5) is 17.0. The van der Waals surface area contributed by atoms with Crippen molar-refractivity contribution in [1.82, 2.24) is 9.38 Å². The molecule has 0 spiro atoms. The highest BCUT2D eigenvalue weighted by Crippen LogP contribution is 2.22. The van der Waals surface area contributed by atoms with Gasteiger partial charge < -0.3 is 10.4 Å². The van der Waals surface area contributed by atoms with Gasteiger partial charge in [0.15, 0.2) is 0 Å². The maximum atomic E-state index is 12.6. The van der Waals surface area contributed by atoms with Crippen molar-refractivity contribution in [2.75, 3.05) is 5.32 Å². The van der Waals surface area contributed by atoms with Crippen molar-refractivity contribution < 1.29 is 9.90 Å². The fourth-order valence-electron chi connectivity index (χ4n) is 2.38. The van der Waals surface area contributed by atoms with Gasteiger partial charge in [-0.25, -0.2) is 4.98 Å². The Hall–Kier alpha value is -2.34. The summed E-state index contributed by atoms with van der Waals surface area (Å²) in [5.74, 6) is -0.0673. The van der Waals surface area contributed by atoms with Crippen molar-refractivity contribution in [2.45, 2.75) is 13.8 Å². The number of aryl methyl sites for hydroxylation is 2. The number of fused-ring (bicyclic) bond motifs is 1. The van der Waals surface area contributed by atoms with Gasteiger partial charge in [0.2, 0.25) is 0 Å². The number of phenolic OH excluding ortho intramolecular Hbond substituents is 1. The van der Waals surface area contributed by atoms with Crippen LogP contribution < -0.4 is 5.32 Å². The highest BCUT2D eigenvalue weighted by atomic mass is 79.9. The summed E-state index contributed by atoms with van der Waals surface area (Å²) >= 11 is 3.40. The summed E-state index contributed by atoms with van der Waals surface area (Å²) < 4.78 is 2.62. The third kappa shape index (κ3) is 2.57. The Kier molecular flexibility index (Phi) is 3.62. The lowest BCUT2D eigenvalue weighted by atomic mass is 10.2. The molecule has 2 heterocycles. The first-order chi connectivity index (χ1) is 10.5. The van der Waals surface area contributed by atoms with Crippen LogP contribution in [0.25, 0.3) is 5.65 Å². The van der Waals surface area contributed by atoms with Crippen LogP contribution in [0.15, 0.2) is 41.0 Å². The Bertz CT molecular complexity index is 886. The number of phenols is 1. The van der Waals surface area contributed by atoms with Gasteiger partial charge in [0.05, 0.1) is 5.69 Å². The number of rotatable bonds is 2. The third-order valence-corrected chi connectivity index (χ3v) is 3.90. The number of imidazole rings is 1. The normalized spacial score (nSPS) is 10.9. The molecule has 3 aromatic rings. The van der Waals surface area contributed by atoms with Gasteiger partial charge in [-0.2, -0.15) is 0 Å². The molecule has 6 heteroatoms. The summed E-state index contributed by atoms with van der Waals surface area (Å²) in [6, 6.07) is 8.55. The number of carbonyl (C=O) groups excluding carboxylic acids is 1. The average molecular weight is 360 g/mol. The van der Waals surface area contributed by atoms with Gasteiger partial charge in [-0.05, 0) is 65.7 Å². The minimum Gasteiger partial charge on any atom is -0.508 e. The van der Waals surface area contributed by atoms with Gasteiger partial charge in [-0.3, -0.25) is 9.20 Å². The van der Waals surface area contributed by atoms with Crippen molar-refractivity contribution in [2.24, 2.45) is 0 Å². The van der Waals surface area contributed by atoms with E-state index in [-0.39, 0.29) is 11.7 Å². The summed E-state index contributed by atoms with van der Waals surface area (Å²) in [5, 5.41) is 12.3. The minimum atomic E-state index is -0.239. The Morgan fingerprint density at radius 3 is 2.77 bits per heavy atom. The van der Waals surface area contributed by atoms with Crippen molar-refractivity contribution in [3.8, 4) is 5.75 Å². The number of benzene rings is 1. The molecule has 0 bridgehead atoms. The number of amides is 1. The highest BCUT2D eigenvalue weighted by Gasteiger charge is 2.17. The predicted octanol–water partition coefficient (Wildman–Crippen LogP) is 3.67. The van der Waals surface area contributed by atoms with E-state index in [2.05, 4.69) is 26.2 Å². The van der Waals surface area contributed by atoms with Gasteiger partial charge in [-0.15, -0.1) is 0 Å². The SMILES string of the molecule is Cc1cc(O)ccc1NC(=O)c1c(C)nc2ccc(Br)cn12. The first-order valence-electron chi connectivity index (χ1n) is 6.71. The molecule has 1 amide bonds. The topological polar surface area (TPSA) is 66.6 Å². The van der Waals surface area contributed by atoms with Gasteiger partial charge in [0.1, 0.15) is 17.1 Å². The molecule has 0 atom stereocenters. The molecule has 5 nitrogen and oxygen atoms in total. The average Bonchev–Trinajstić information content (AvgIpc) is 2.77. The van der Waals surface area contributed by atoms with Crippen LogP contribution in [0.4, 0.5) is 5.69 Å². The molecule has 2 aromatic heterocycles. The van der Waals surface area contributed by atoms with Crippen molar-refractivity contribution in [3.63, 3.8) is 0 Å². The van der Waals surface area contributed by atoms with E-state index in [0.717, 1.165) is 10.0 Å². The number of aromatic hydroxyl groups is 1. The monoisotopic (exact) mass is 359 g/mol. The summed E-state index contributed by atoms with van der Waals surface area (Å²) in [7, 11) is 0. The van der Waals surface area contributed by atoms with Gasteiger partial charge in [0, 0.05) is 16.4 Å². The van der Waals surface area contributed by atoms with Crippen molar-refractivity contribution in [3.05, 3.63) is 58.0 Å². The molecule has 0 saturated heterocycles. The molecule has 2 N–H and O–H groups in total. The first-order valence-corrected chi connectivity index (χ1v) is 7.50. The molecule has 3 rings (SSSR count). The Balaban J connectivity index is 2.02. The quantitative estimate of drug-likeness (QED) is 0.686. The van der Waals surface area contributed by atoms with Crippen LogP contribution in [0.2, 0.25) is 0 Å². The molecule has 1 aromatic carbocycles. The highest BCUT2D eigenvalue weighted by molar-refractivity contribution is 9.10. The van der Waals surface area contributed by atoms with Crippen LogP contribution >= 0.6 is 15.9 Å². The van der Waals surface area contributed by atoms with Crippen LogP contribution in [0, 0.1) is 13.8 Å². The zero-order chi connectivity index (χ0) is 15.9. The number of anilines is 1. The number of aromatic nitrogens is 2. The lowest BCUT2D eigenvalue weighted by Crippen LogP contribution is -2.16. The molecule has 0 aliphatic heterocycles. The molecule has 0 aliphatic carbocycles. The second kappa shape index (κ2) is 5.46. The van der Waals surface area contributed by atoms with E-state index in [1.165, 1.54) is 0 Å². The number of halogens is 1. The molecule has 0 saturated carbocycles. The van der Waals surface area contributed by atoms with E-state index in [1.54, 1.807) is 29.5 Å². The maximum absolute atomic E-state index is 12.6. The fraction of sp³-hybridized carbons (Fsp3) is 0.125.